The Kier molecular flexibility index (Phi) is 8.94. The van der Waals surface area contributed by atoms with Gasteiger partial charge in [-0.1, -0.05) is 69.2 Å². The second-order valence-corrected chi connectivity index (χ2v) is 10.8. The number of aliphatic carboxylic acids is 2. The predicted octanol–water partition coefficient (Wildman–Crippen LogP) is 5.23. The van der Waals surface area contributed by atoms with Crippen molar-refractivity contribution in [3.63, 3.8) is 0 Å². The number of hydrogen-bond acceptors (Lipinski definition) is 4. The number of nitrogens with zero attached hydrogens (tertiary/aromatic N) is 1. The fraction of sp³-hybridized carbons (Fsp3) is 0.367. The van der Waals surface area contributed by atoms with E-state index in [9.17, 15) is 24.6 Å². The summed E-state index contributed by atoms with van der Waals surface area (Å²) in [7, 11) is 0. The molecule has 0 heterocycles. The first-order valence-corrected chi connectivity index (χ1v) is 11.9. The Morgan fingerprint density at radius 3 is 2.08 bits per heavy atom. The summed E-state index contributed by atoms with van der Waals surface area (Å²) in [5.41, 5.74) is -2.20. The summed E-state index contributed by atoms with van der Waals surface area (Å²) in [6.07, 6.45) is 7.74. The quantitative estimate of drug-likeness (QED) is 0.357. The molecule has 2 N–H and O–H groups in total. The SMILES string of the molecule is C#Cc1c(/C=C/C(=O)N(C(C)(C)C)[C@@](CC(=O)O)(C(=O)O)C(C)(C)C)cccc1OCc1ccccc1. The van der Waals surface area contributed by atoms with E-state index in [2.05, 4.69) is 5.92 Å². The van der Waals surface area contributed by atoms with Crippen molar-refractivity contribution >= 4 is 23.9 Å². The lowest BCUT2D eigenvalue weighted by Crippen LogP contribution is -2.69. The molecule has 2 rings (SSSR count). The number of ether oxygens (including phenoxy) is 1. The molecule has 0 unspecified atom stereocenters. The molecule has 1 atom stereocenters. The van der Waals surface area contributed by atoms with Crippen LogP contribution in [0.15, 0.2) is 54.6 Å². The molecule has 0 aliphatic heterocycles. The third-order valence-electron chi connectivity index (χ3n) is 6.12. The largest absolute Gasteiger partial charge is 0.488 e. The molecule has 7 nitrogen and oxygen atoms in total. The van der Waals surface area contributed by atoms with Crippen LogP contribution >= 0.6 is 0 Å². The van der Waals surface area contributed by atoms with E-state index >= 15 is 0 Å². The smallest absolute Gasteiger partial charge is 0.330 e. The standard InChI is InChI=1S/C30H35NO6/c1-8-23-22(15-12-16-24(23)37-20-21-13-10-9-11-14-21)17-18-25(32)31(29(5,6)7)30(27(35)36,19-26(33)34)28(2,3)4/h1,9-18H,19-20H2,2-7H3,(H,33,34)(H,35,36)/b18-17+/t30-/m0/s1. The summed E-state index contributed by atoms with van der Waals surface area (Å²) < 4.78 is 5.92. The van der Waals surface area contributed by atoms with Crippen LogP contribution in [0.2, 0.25) is 0 Å². The first-order chi connectivity index (χ1) is 17.1. The van der Waals surface area contributed by atoms with Crippen molar-refractivity contribution < 1.29 is 29.3 Å². The number of carboxylic acids is 2. The first-order valence-electron chi connectivity index (χ1n) is 11.9. The van der Waals surface area contributed by atoms with E-state index in [1.807, 2.05) is 30.3 Å². The summed E-state index contributed by atoms with van der Waals surface area (Å²) in [6.45, 7) is 10.2. The van der Waals surface area contributed by atoms with E-state index in [0.717, 1.165) is 10.5 Å². The van der Waals surface area contributed by atoms with E-state index in [1.54, 1.807) is 59.7 Å². The van der Waals surface area contributed by atoms with E-state index in [4.69, 9.17) is 11.2 Å². The average Bonchev–Trinajstić information content (AvgIpc) is 2.79. The number of hydrogen-bond donors (Lipinski definition) is 2. The molecule has 2 aromatic rings. The van der Waals surface area contributed by atoms with E-state index in [-0.39, 0.29) is 0 Å². The van der Waals surface area contributed by atoms with Crippen LogP contribution in [0.1, 0.15) is 64.7 Å². The molecule has 37 heavy (non-hydrogen) atoms. The van der Waals surface area contributed by atoms with E-state index in [1.165, 1.54) is 12.2 Å². The van der Waals surface area contributed by atoms with Crippen molar-refractivity contribution in [2.24, 2.45) is 5.41 Å². The summed E-state index contributed by atoms with van der Waals surface area (Å²) in [6, 6.07) is 14.8. The van der Waals surface area contributed by atoms with Crippen molar-refractivity contribution in [2.75, 3.05) is 0 Å². The van der Waals surface area contributed by atoms with Gasteiger partial charge in [-0.2, -0.15) is 0 Å². The zero-order valence-electron chi connectivity index (χ0n) is 22.2. The van der Waals surface area contributed by atoms with Crippen LogP contribution in [-0.2, 0) is 21.0 Å². The van der Waals surface area contributed by atoms with Crippen molar-refractivity contribution in [3.8, 4) is 18.1 Å². The topological polar surface area (TPSA) is 104 Å². The Hall–Kier alpha value is -4.05. The fourth-order valence-electron chi connectivity index (χ4n) is 4.41. The van der Waals surface area contributed by atoms with Gasteiger partial charge < -0.3 is 19.8 Å². The van der Waals surface area contributed by atoms with Crippen molar-refractivity contribution in [2.45, 2.75) is 65.6 Å². The number of rotatable bonds is 9. The normalized spacial score (nSPS) is 13.4. The Bertz CT molecular complexity index is 1210. The second-order valence-electron chi connectivity index (χ2n) is 10.8. The van der Waals surface area contributed by atoms with Gasteiger partial charge in [0.2, 0.25) is 5.91 Å². The molecule has 2 aromatic carbocycles. The molecule has 0 bridgehead atoms. The number of terminal acetylenes is 1. The monoisotopic (exact) mass is 505 g/mol. The number of carbonyl (C=O) groups is 3. The minimum Gasteiger partial charge on any atom is -0.488 e. The zero-order chi connectivity index (χ0) is 28.0. The lowest BCUT2D eigenvalue weighted by molar-refractivity contribution is -0.179. The number of amides is 1. The molecule has 7 heteroatoms. The molecule has 0 spiro atoms. The highest BCUT2D eigenvalue weighted by molar-refractivity contribution is 5.98. The summed E-state index contributed by atoms with van der Waals surface area (Å²) in [5, 5.41) is 20.0. The van der Waals surface area contributed by atoms with Gasteiger partial charge >= 0.3 is 11.9 Å². The number of benzene rings is 2. The highest BCUT2D eigenvalue weighted by atomic mass is 16.5. The Balaban J connectivity index is 2.51. The minimum absolute atomic E-state index is 0.307. The second kappa shape index (κ2) is 11.3. The number of carbonyl (C=O) groups excluding carboxylic acids is 1. The molecule has 0 radical (unpaired) electrons. The van der Waals surface area contributed by atoms with Crippen LogP contribution in [0, 0.1) is 17.8 Å². The van der Waals surface area contributed by atoms with Gasteiger partial charge in [0.15, 0.2) is 5.54 Å². The van der Waals surface area contributed by atoms with Gasteiger partial charge in [-0.25, -0.2) is 4.79 Å². The molecule has 0 aromatic heterocycles. The van der Waals surface area contributed by atoms with Crippen molar-refractivity contribution in [1.29, 1.82) is 0 Å². The molecular weight excluding hydrogens is 470 g/mol. The van der Waals surface area contributed by atoms with Crippen molar-refractivity contribution in [3.05, 3.63) is 71.3 Å². The third-order valence-corrected chi connectivity index (χ3v) is 6.12. The summed E-state index contributed by atoms with van der Waals surface area (Å²) >= 11 is 0. The molecule has 1 amide bonds. The Labute approximate surface area is 218 Å². The average molecular weight is 506 g/mol. The third kappa shape index (κ3) is 6.59. The molecule has 0 saturated carbocycles. The molecule has 196 valence electrons. The van der Waals surface area contributed by atoms with Gasteiger partial charge in [0, 0.05) is 11.6 Å². The summed E-state index contributed by atoms with van der Waals surface area (Å²) in [5.74, 6) is -0.280. The van der Waals surface area contributed by atoms with Crippen LogP contribution in [0.25, 0.3) is 6.08 Å². The van der Waals surface area contributed by atoms with Crippen LogP contribution in [-0.4, -0.2) is 44.0 Å². The van der Waals surface area contributed by atoms with E-state index < -0.39 is 40.8 Å². The number of carboxylic acid groups (broad SMARTS) is 2. The van der Waals surface area contributed by atoms with Gasteiger partial charge in [-0.3, -0.25) is 9.59 Å². The first kappa shape index (κ1) is 29.2. The van der Waals surface area contributed by atoms with Crippen LogP contribution in [0.3, 0.4) is 0 Å². The van der Waals surface area contributed by atoms with Gasteiger partial charge in [-0.05, 0) is 49.5 Å². The van der Waals surface area contributed by atoms with E-state index in [0.29, 0.717) is 23.5 Å². The van der Waals surface area contributed by atoms with Crippen molar-refractivity contribution in [1.82, 2.24) is 4.90 Å². The van der Waals surface area contributed by atoms with Gasteiger partial charge in [-0.15, -0.1) is 6.42 Å². The molecule has 0 aliphatic rings. The Morgan fingerprint density at radius 1 is 0.973 bits per heavy atom. The van der Waals surface area contributed by atoms with Crippen LogP contribution in [0.4, 0.5) is 0 Å². The Morgan fingerprint density at radius 2 is 1.59 bits per heavy atom. The predicted molar refractivity (Wildman–Crippen MR) is 143 cm³/mol. The lowest BCUT2D eigenvalue weighted by atomic mass is 9.68. The molecule has 0 aliphatic carbocycles. The van der Waals surface area contributed by atoms with Crippen LogP contribution < -0.4 is 4.74 Å². The zero-order valence-corrected chi connectivity index (χ0v) is 22.2. The van der Waals surface area contributed by atoms with Crippen LogP contribution in [0.5, 0.6) is 5.75 Å². The van der Waals surface area contributed by atoms with Gasteiger partial charge in [0.25, 0.3) is 0 Å². The van der Waals surface area contributed by atoms with Gasteiger partial charge in [0.1, 0.15) is 12.4 Å². The maximum Gasteiger partial charge on any atom is 0.330 e. The maximum absolute atomic E-state index is 13.6. The highest BCUT2D eigenvalue weighted by Gasteiger charge is 2.58. The lowest BCUT2D eigenvalue weighted by Gasteiger charge is -2.53. The fourth-order valence-corrected chi connectivity index (χ4v) is 4.41. The van der Waals surface area contributed by atoms with Gasteiger partial charge in [0.05, 0.1) is 12.0 Å². The molecule has 0 fully saturated rings. The maximum atomic E-state index is 13.6. The molecular formula is C30H35NO6. The highest BCUT2D eigenvalue weighted by Crippen LogP contribution is 2.43. The minimum atomic E-state index is -2.02. The molecule has 0 saturated heterocycles. The summed E-state index contributed by atoms with van der Waals surface area (Å²) in [4.78, 5) is 39.3.